The van der Waals surface area contributed by atoms with Gasteiger partial charge in [0.2, 0.25) is 5.16 Å². The van der Waals surface area contributed by atoms with Crippen molar-refractivity contribution in [2.75, 3.05) is 6.61 Å². The first-order valence-electron chi connectivity index (χ1n) is 8.70. The molecule has 3 aromatic heterocycles. The van der Waals surface area contributed by atoms with Gasteiger partial charge in [-0.3, -0.25) is 0 Å². The quantitative estimate of drug-likeness (QED) is 0.485. The van der Waals surface area contributed by atoms with Gasteiger partial charge in [-0.25, -0.2) is 14.2 Å². The number of rotatable bonds is 4. The van der Waals surface area contributed by atoms with Crippen molar-refractivity contribution in [3.63, 3.8) is 0 Å². The number of para-hydroxylation sites is 1. The number of ether oxygens (including phenoxy) is 1. The lowest BCUT2D eigenvalue weighted by molar-refractivity contribution is 0.0912. The molecule has 0 bridgehead atoms. The lowest BCUT2D eigenvalue weighted by Crippen LogP contribution is -2.16. The molecule has 0 aliphatic carbocycles. The molecule has 1 aliphatic rings. The third kappa shape index (κ3) is 2.95. The Morgan fingerprint density at radius 3 is 3.07 bits per heavy atom. The lowest BCUT2D eigenvalue weighted by Gasteiger charge is -2.11. The van der Waals surface area contributed by atoms with E-state index >= 15 is 0 Å². The van der Waals surface area contributed by atoms with Gasteiger partial charge in [-0.05, 0) is 48.0 Å². The summed E-state index contributed by atoms with van der Waals surface area (Å²) >= 11 is 7.85. The van der Waals surface area contributed by atoms with Crippen LogP contribution in [0.3, 0.4) is 0 Å². The summed E-state index contributed by atoms with van der Waals surface area (Å²) in [5.41, 5.74) is 2.33. The van der Waals surface area contributed by atoms with E-state index in [0.29, 0.717) is 22.4 Å². The maximum absolute atomic E-state index is 6.42. The zero-order valence-electron chi connectivity index (χ0n) is 14.5. The number of aromatic nitrogens is 7. The Morgan fingerprint density at radius 2 is 2.22 bits per heavy atom. The van der Waals surface area contributed by atoms with Crippen molar-refractivity contribution < 1.29 is 4.74 Å². The second kappa shape index (κ2) is 6.74. The molecule has 5 rings (SSSR count). The minimum absolute atomic E-state index is 0.159. The molecule has 1 atom stereocenters. The molecule has 0 amide bonds. The van der Waals surface area contributed by atoms with E-state index in [1.54, 1.807) is 9.20 Å². The highest BCUT2D eigenvalue weighted by atomic mass is 35.5. The molecule has 0 saturated carbocycles. The highest BCUT2D eigenvalue weighted by Gasteiger charge is 2.21. The third-order valence-corrected chi connectivity index (χ3v) is 6.04. The Kier molecular flexibility index (Phi) is 4.22. The van der Waals surface area contributed by atoms with E-state index in [1.807, 2.05) is 31.2 Å². The van der Waals surface area contributed by atoms with Crippen molar-refractivity contribution in [1.82, 2.24) is 34.8 Å². The van der Waals surface area contributed by atoms with Crippen LogP contribution in [0.15, 0.2) is 34.4 Å². The Morgan fingerprint density at radius 1 is 1.33 bits per heavy atom. The third-order valence-electron chi connectivity index (χ3n) is 4.62. The zero-order chi connectivity index (χ0) is 18.4. The van der Waals surface area contributed by atoms with Crippen LogP contribution in [0, 0.1) is 6.92 Å². The maximum Gasteiger partial charge on any atom is 0.215 e. The van der Waals surface area contributed by atoms with Gasteiger partial charge in [0.25, 0.3) is 0 Å². The van der Waals surface area contributed by atoms with Gasteiger partial charge in [-0.1, -0.05) is 29.8 Å². The number of benzene rings is 1. The number of tetrazole rings is 1. The number of aryl methyl sites for hydroxylation is 1. The van der Waals surface area contributed by atoms with E-state index in [2.05, 4.69) is 20.6 Å². The number of hydrogen-bond donors (Lipinski definition) is 0. The normalized spacial score (nSPS) is 17.3. The van der Waals surface area contributed by atoms with Crippen LogP contribution < -0.4 is 0 Å². The SMILES string of the molecule is Cc1nn2c(nc(Sc3nnnn3C[C@H]3CCCO3)c3ccccc32)c1Cl. The van der Waals surface area contributed by atoms with E-state index in [9.17, 15) is 0 Å². The van der Waals surface area contributed by atoms with Crippen LogP contribution in [0.5, 0.6) is 0 Å². The van der Waals surface area contributed by atoms with Crippen molar-refractivity contribution in [1.29, 1.82) is 0 Å². The first-order valence-corrected chi connectivity index (χ1v) is 9.89. The highest BCUT2D eigenvalue weighted by molar-refractivity contribution is 7.99. The molecule has 0 unspecified atom stereocenters. The second-order valence-electron chi connectivity index (χ2n) is 6.45. The van der Waals surface area contributed by atoms with Crippen molar-refractivity contribution >= 4 is 39.9 Å². The van der Waals surface area contributed by atoms with Crippen LogP contribution in [0.25, 0.3) is 16.6 Å². The highest BCUT2D eigenvalue weighted by Crippen LogP contribution is 2.33. The van der Waals surface area contributed by atoms with E-state index in [4.69, 9.17) is 21.3 Å². The number of fused-ring (bicyclic) bond motifs is 3. The number of hydrogen-bond acceptors (Lipinski definition) is 7. The summed E-state index contributed by atoms with van der Waals surface area (Å²) in [5.74, 6) is 0. The molecule has 27 heavy (non-hydrogen) atoms. The van der Waals surface area contributed by atoms with Crippen LogP contribution in [0.2, 0.25) is 5.02 Å². The lowest BCUT2D eigenvalue weighted by atomic mass is 10.2. The van der Waals surface area contributed by atoms with Crippen molar-refractivity contribution in [3.05, 3.63) is 35.0 Å². The summed E-state index contributed by atoms with van der Waals surface area (Å²) in [5, 5.41) is 19.7. The molecule has 1 aliphatic heterocycles. The summed E-state index contributed by atoms with van der Waals surface area (Å²) < 4.78 is 9.27. The average molecular weight is 402 g/mol. The topological polar surface area (TPSA) is 83.0 Å². The summed E-state index contributed by atoms with van der Waals surface area (Å²) in [6.07, 6.45) is 2.27. The van der Waals surface area contributed by atoms with E-state index in [0.717, 1.165) is 41.1 Å². The van der Waals surface area contributed by atoms with Crippen LogP contribution >= 0.6 is 23.4 Å². The summed E-state index contributed by atoms with van der Waals surface area (Å²) in [4.78, 5) is 4.76. The van der Waals surface area contributed by atoms with Gasteiger partial charge < -0.3 is 4.74 Å². The Labute approximate surface area is 163 Å². The van der Waals surface area contributed by atoms with Gasteiger partial charge >= 0.3 is 0 Å². The van der Waals surface area contributed by atoms with E-state index < -0.39 is 0 Å². The molecule has 1 fully saturated rings. The largest absolute Gasteiger partial charge is 0.376 e. The first kappa shape index (κ1) is 16.9. The standard InChI is InChI=1S/C17H16ClN7OS/c1-10-14(18)15-19-16(12-6-2-3-7-13(12)25(15)21-10)27-17-20-22-23-24(17)9-11-5-4-8-26-11/h2-3,6-7,11H,4-5,8-9H2,1H3/t11-/m1/s1. The van der Waals surface area contributed by atoms with Gasteiger partial charge in [0.15, 0.2) is 5.65 Å². The molecule has 1 aromatic carbocycles. The predicted octanol–water partition coefficient (Wildman–Crippen LogP) is 3.16. The molecular formula is C17H16ClN7OS. The van der Waals surface area contributed by atoms with Crippen molar-refractivity contribution in [2.45, 2.75) is 42.6 Å². The van der Waals surface area contributed by atoms with E-state index in [1.165, 1.54) is 11.8 Å². The number of halogens is 1. The fourth-order valence-electron chi connectivity index (χ4n) is 3.29. The summed E-state index contributed by atoms with van der Waals surface area (Å²) in [6, 6.07) is 7.98. The van der Waals surface area contributed by atoms with Crippen LogP contribution in [0.4, 0.5) is 0 Å². The minimum atomic E-state index is 0.159. The smallest absolute Gasteiger partial charge is 0.215 e. The molecule has 0 radical (unpaired) electrons. The van der Waals surface area contributed by atoms with Crippen LogP contribution in [0.1, 0.15) is 18.5 Å². The molecule has 1 saturated heterocycles. The summed E-state index contributed by atoms with van der Waals surface area (Å²) in [6.45, 7) is 3.32. The fourth-order valence-corrected chi connectivity index (χ4v) is 4.33. The summed E-state index contributed by atoms with van der Waals surface area (Å²) in [7, 11) is 0. The van der Waals surface area contributed by atoms with Gasteiger partial charge in [-0.2, -0.15) is 5.10 Å². The van der Waals surface area contributed by atoms with Gasteiger partial charge in [0, 0.05) is 12.0 Å². The fraction of sp³-hybridized carbons (Fsp3) is 0.353. The molecule has 8 nitrogen and oxygen atoms in total. The Balaban J connectivity index is 1.59. The molecule has 4 aromatic rings. The molecular weight excluding hydrogens is 386 g/mol. The average Bonchev–Trinajstić information content (AvgIpc) is 3.40. The number of nitrogens with zero attached hydrogens (tertiary/aromatic N) is 7. The van der Waals surface area contributed by atoms with Gasteiger partial charge in [0.05, 0.1) is 23.9 Å². The molecule has 138 valence electrons. The van der Waals surface area contributed by atoms with E-state index in [-0.39, 0.29) is 6.10 Å². The molecule has 0 spiro atoms. The zero-order valence-corrected chi connectivity index (χ0v) is 16.1. The maximum atomic E-state index is 6.42. The molecule has 4 heterocycles. The van der Waals surface area contributed by atoms with Crippen LogP contribution in [-0.2, 0) is 11.3 Å². The minimum Gasteiger partial charge on any atom is -0.376 e. The monoisotopic (exact) mass is 401 g/mol. The molecule has 0 N–H and O–H groups in total. The van der Waals surface area contributed by atoms with Gasteiger partial charge in [-0.15, -0.1) is 5.10 Å². The van der Waals surface area contributed by atoms with Gasteiger partial charge in [0.1, 0.15) is 10.0 Å². The first-order chi connectivity index (χ1) is 13.2. The predicted molar refractivity (Wildman–Crippen MR) is 101 cm³/mol. The molecule has 10 heteroatoms. The van der Waals surface area contributed by atoms with Crippen molar-refractivity contribution in [2.24, 2.45) is 0 Å². The Bertz CT molecular complexity index is 1140. The Hall–Kier alpha value is -2.23. The van der Waals surface area contributed by atoms with Crippen LogP contribution in [-0.4, -0.2) is 47.5 Å². The van der Waals surface area contributed by atoms with Crippen molar-refractivity contribution in [3.8, 4) is 0 Å². The second-order valence-corrected chi connectivity index (χ2v) is 7.78.